The quantitative estimate of drug-likeness (QED) is 0.713. The molecule has 0 saturated heterocycles. The molecule has 7 heteroatoms. The van der Waals surface area contributed by atoms with E-state index in [1.165, 1.54) is 10.9 Å². The zero-order valence-corrected chi connectivity index (χ0v) is 12.1. The summed E-state index contributed by atoms with van der Waals surface area (Å²) in [6.07, 6.45) is 2.32. The maximum absolute atomic E-state index is 11.9. The van der Waals surface area contributed by atoms with Crippen molar-refractivity contribution in [2.24, 2.45) is 0 Å². The van der Waals surface area contributed by atoms with Gasteiger partial charge in [-0.2, -0.15) is 5.10 Å². The summed E-state index contributed by atoms with van der Waals surface area (Å²) in [5, 5.41) is 25.3. The Kier molecular flexibility index (Phi) is 5.30. The van der Waals surface area contributed by atoms with E-state index in [9.17, 15) is 15.0 Å². The summed E-state index contributed by atoms with van der Waals surface area (Å²) < 4.78 is 1.71. The van der Waals surface area contributed by atoms with Gasteiger partial charge in [-0.1, -0.05) is 6.92 Å². The topological polar surface area (TPSA) is 87.4 Å². The number of nitrogens with one attached hydrogen (secondary N) is 1. The van der Waals surface area contributed by atoms with E-state index in [2.05, 4.69) is 26.3 Å². The third-order valence-electron chi connectivity index (χ3n) is 2.55. The van der Waals surface area contributed by atoms with Gasteiger partial charge in [-0.3, -0.25) is 4.79 Å². The normalized spacial score (nSPS) is 11.6. The highest BCUT2D eigenvalue weighted by molar-refractivity contribution is 9.10. The molecule has 1 aromatic heterocycles. The Bertz CT molecular complexity index is 457. The SMILES string of the molecule is CCCn1ncc(NC(C)(CO)CO)c(Br)c1=O. The Labute approximate surface area is 114 Å². The summed E-state index contributed by atoms with van der Waals surface area (Å²) in [6, 6.07) is 0. The Hall–Kier alpha value is -0.920. The van der Waals surface area contributed by atoms with Gasteiger partial charge >= 0.3 is 0 Å². The minimum Gasteiger partial charge on any atom is -0.394 e. The van der Waals surface area contributed by atoms with Crippen molar-refractivity contribution in [2.75, 3.05) is 18.5 Å². The van der Waals surface area contributed by atoms with Gasteiger partial charge in [0.2, 0.25) is 0 Å². The van der Waals surface area contributed by atoms with E-state index in [1.54, 1.807) is 6.92 Å². The summed E-state index contributed by atoms with van der Waals surface area (Å²) in [4.78, 5) is 11.9. The Morgan fingerprint density at radius 2 is 2.11 bits per heavy atom. The van der Waals surface area contributed by atoms with Crippen LogP contribution in [-0.2, 0) is 6.54 Å². The highest BCUT2D eigenvalue weighted by atomic mass is 79.9. The molecule has 0 fully saturated rings. The molecule has 0 atom stereocenters. The molecular weight excluding hydrogens is 302 g/mol. The van der Waals surface area contributed by atoms with Gasteiger partial charge in [0.25, 0.3) is 5.56 Å². The maximum atomic E-state index is 11.9. The van der Waals surface area contributed by atoms with Crippen LogP contribution in [0.3, 0.4) is 0 Å². The molecule has 0 radical (unpaired) electrons. The fraction of sp³-hybridized carbons (Fsp3) is 0.636. The third kappa shape index (κ3) is 3.30. The summed E-state index contributed by atoms with van der Waals surface area (Å²) >= 11 is 3.21. The molecular formula is C11H18BrN3O3. The number of aliphatic hydroxyl groups is 2. The molecule has 3 N–H and O–H groups in total. The van der Waals surface area contributed by atoms with Crippen LogP contribution in [0, 0.1) is 0 Å². The monoisotopic (exact) mass is 319 g/mol. The van der Waals surface area contributed by atoms with E-state index in [1.807, 2.05) is 6.92 Å². The van der Waals surface area contributed by atoms with Crippen LogP contribution in [0.4, 0.5) is 5.69 Å². The van der Waals surface area contributed by atoms with E-state index >= 15 is 0 Å². The van der Waals surface area contributed by atoms with E-state index in [0.717, 1.165) is 6.42 Å². The molecule has 0 aliphatic rings. The van der Waals surface area contributed by atoms with Crippen LogP contribution in [0.15, 0.2) is 15.5 Å². The first kappa shape index (κ1) is 15.1. The van der Waals surface area contributed by atoms with Crippen LogP contribution >= 0.6 is 15.9 Å². The van der Waals surface area contributed by atoms with Crippen molar-refractivity contribution in [1.29, 1.82) is 0 Å². The second-order valence-electron chi connectivity index (χ2n) is 4.40. The molecule has 1 rings (SSSR count). The molecule has 1 heterocycles. The molecule has 102 valence electrons. The van der Waals surface area contributed by atoms with Crippen LogP contribution in [0.2, 0.25) is 0 Å². The number of aromatic nitrogens is 2. The van der Waals surface area contributed by atoms with E-state index in [0.29, 0.717) is 16.7 Å². The molecule has 6 nitrogen and oxygen atoms in total. The minimum absolute atomic E-state index is 0.236. The van der Waals surface area contributed by atoms with E-state index in [-0.39, 0.29) is 18.8 Å². The van der Waals surface area contributed by atoms with E-state index in [4.69, 9.17) is 0 Å². The summed E-state index contributed by atoms with van der Waals surface area (Å²) in [7, 11) is 0. The molecule has 0 spiro atoms. The number of hydrogen-bond donors (Lipinski definition) is 3. The summed E-state index contributed by atoms with van der Waals surface area (Å²) in [5.74, 6) is 0. The van der Waals surface area contributed by atoms with Crippen LogP contribution in [0.1, 0.15) is 20.3 Å². The lowest BCUT2D eigenvalue weighted by atomic mass is 10.1. The standard InChI is InChI=1S/C11H18BrN3O3/c1-3-4-15-10(18)9(12)8(5-13-15)14-11(2,6-16)7-17/h5,14,16-17H,3-4,6-7H2,1-2H3. The Morgan fingerprint density at radius 3 is 2.61 bits per heavy atom. The molecule has 1 aromatic rings. The van der Waals surface area contributed by atoms with Crippen molar-refractivity contribution in [3.63, 3.8) is 0 Å². The number of aliphatic hydroxyl groups excluding tert-OH is 2. The molecule has 0 aliphatic heterocycles. The van der Waals surface area contributed by atoms with Gasteiger partial charge in [0, 0.05) is 6.54 Å². The first-order chi connectivity index (χ1) is 8.47. The molecule has 0 bridgehead atoms. The molecule has 0 amide bonds. The fourth-order valence-corrected chi connectivity index (χ4v) is 1.78. The van der Waals surface area contributed by atoms with Crippen molar-refractivity contribution < 1.29 is 10.2 Å². The number of hydrogen-bond acceptors (Lipinski definition) is 5. The van der Waals surface area contributed by atoms with Gasteiger partial charge in [0.05, 0.1) is 30.6 Å². The lowest BCUT2D eigenvalue weighted by Gasteiger charge is -2.27. The zero-order valence-electron chi connectivity index (χ0n) is 10.5. The molecule has 0 unspecified atom stereocenters. The average Bonchev–Trinajstić information content (AvgIpc) is 2.38. The third-order valence-corrected chi connectivity index (χ3v) is 3.32. The lowest BCUT2D eigenvalue weighted by molar-refractivity contribution is 0.147. The van der Waals surface area contributed by atoms with Crippen LogP contribution in [0.5, 0.6) is 0 Å². The number of aryl methyl sites for hydroxylation is 1. The van der Waals surface area contributed by atoms with Gasteiger partial charge in [-0.15, -0.1) is 0 Å². The van der Waals surface area contributed by atoms with Crippen molar-refractivity contribution in [1.82, 2.24) is 9.78 Å². The molecule has 18 heavy (non-hydrogen) atoms. The number of halogens is 1. The predicted octanol–water partition coefficient (Wildman–Crippen LogP) is 0.571. The number of anilines is 1. The van der Waals surface area contributed by atoms with Crippen LogP contribution < -0.4 is 10.9 Å². The first-order valence-electron chi connectivity index (χ1n) is 5.73. The molecule has 0 aromatic carbocycles. The Morgan fingerprint density at radius 1 is 1.50 bits per heavy atom. The van der Waals surface area contributed by atoms with Gasteiger partial charge < -0.3 is 15.5 Å². The maximum Gasteiger partial charge on any atom is 0.283 e. The second-order valence-corrected chi connectivity index (χ2v) is 5.20. The van der Waals surface area contributed by atoms with Gasteiger partial charge in [-0.25, -0.2) is 4.68 Å². The highest BCUT2D eigenvalue weighted by Gasteiger charge is 2.23. The van der Waals surface area contributed by atoms with Crippen LogP contribution in [-0.4, -0.2) is 38.7 Å². The molecule has 0 aliphatic carbocycles. The number of nitrogens with zero attached hydrogens (tertiary/aromatic N) is 2. The number of rotatable bonds is 6. The van der Waals surface area contributed by atoms with Gasteiger partial charge in [0.1, 0.15) is 4.47 Å². The van der Waals surface area contributed by atoms with Gasteiger partial charge in [0.15, 0.2) is 0 Å². The van der Waals surface area contributed by atoms with Crippen LogP contribution in [0.25, 0.3) is 0 Å². The minimum atomic E-state index is -0.895. The summed E-state index contributed by atoms with van der Waals surface area (Å²) in [6.45, 7) is 3.65. The van der Waals surface area contributed by atoms with Crippen molar-refractivity contribution in [3.05, 3.63) is 21.0 Å². The summed E-state index contributed by atoms with van der Waals surface area (Å²) in [5.41, 5.74) is -0.675. The van der Waals surface area contributed by atoms with Crippen molar-refractivity contribution >= 4 is 21.6 Å². The average molecular weight is 320 g/mol. The molecule has 0 saturated carbocycles. The second kappa shape index (κ2) is 6.31. The van der Waals surface area contributed by atoms with Crippen molar-refractivity contribution in [3.8, 4) is 0 Å². The predicted molar refractivity (Wildman–Crippen MR) is 72.7 cm³/mol. The lowest BCUT2D eigenvalue weighted by Crippen LogP contribution is -2.43. The van der Waals surface area contributed by atoms with E-state index < -0.39 is 5.54 Å². The fourth-order valence-electron chi connectivity index (χ4n) is 1.38. The Balaban J connectivity index is 3.06. The van der Waals surface area contributed by atoms with Gasteiger partial charge in [-0.05, 0) is 29.3 Å². The highest BCUT2D eigenvalue weighted by Crippen LogP contribution is 2.20. The smallest absolute Gasteiger partial charge is 0.283 e. The first-order valence-corrected chi connectivity index (χ1v) is 6.52. The van der Waals surface area contributed by atoms with Crippen molar-refractivity contribution in [2.45, 2.75) is 32.4 Å². The largest absolute Gasteiger partial charge is 0.394 e. The zero-order chi connectivity index (χ0) is 13.8.